The van der Waals surface area contributed by atoms with Gasteiger partial charge in [0.05, 0.1) is 0 Å². The topological polar surface area (TPSA) is 67.6 Å². The molecular formula is C11H9FN4. The molecule has 0 saturated heterocycles. The third kappa shape index (κ3) is 2.01. The molecule has 2 aromatic rings. The van der Waals surface area contributed by atoms with Crippen molar-refractivity contribution < 1.29 is 4.39 Å². The number of imidazole rings is 1. The quantitative estimate of drug-likeness (QED) is 0.774. The van der Waals surface area contributed by atoms with Crippen molar-refractivity contribution >= 4 is 5.69 Å². The molecule has 0 atom stereocenters. The molecular weight excluding hydrogens is 207 g/mol. The van der Waals surface area contributed by atoms with Crippen LogP contribution >= 0.6 is 0 Å². The normalized spacial score (nSPS) is 10.0. The van der Waals surface area contributed by atoms with Gasteiger partial charge in [0.1, 0.15) is 11.9 Å². The van der Waals surface area contributed by atoms with E-state index in [4.69, 9.17) is 11.0 Å². The Morgan fingerprint density at radius 1 is 1.44 bits per heavy atom. The van der Waals surface area contributed by atoms with E-state index in [0.717, 1.165) is 0 Å². The number of halogens is 1. The standard InChI is InChI=1S/C11H9FN4/c12-9-3-8(4-10(14)5-9)7-16-2-1-15-11(16)6-13/h1-5H,7,14H2. The highest BCUT2D eigenvalue weighted by Gasteiger charge is 2.04. The summed E-state index contributed by atoms with van der Waals surface area (Å²) in [6.45, 7) is 0.380. The molecule has 16 heavy (non-hydrogen) atoms. The first kappa shape index (κ1) is 10.2. The number of aromatic nitrogens is 2. The molecule has 0 bridgehead atoms. The van der Waals surface area contributed by atoms with E-state index in [2.05, 4.69) is 4.98 Å². The van der Waals surface area contributed by atoms with Crippen molar-refractivity contribution in [2.75, 3.05) is 5.73 Å². The van der Waals surface area contributed by atoms with Gasteiger partial charge in [0.2, 0.25) is 5.82 Å². The van der Waals surface area contributed by atoms with Crippen molar-refractivity contribution in [2.45, 2.75) is 6.54 Å². The molecule has 0 saturated carbocycles. The fourth-order valence-electron chi connectivity index (χ4n) is 1.51. The van der Waals surface area contributed by atoms with Gasteiger partial charge in [0.25, 0.3) is 0 Å². The second-order valence-electron chi connectivity index (χ2n) is 3.38. The van der Waals surface area contributed by atoms with Crippen LogP contribution in [0.4, 0.5) is 10.1 Å². The number of nitrogen functional groups attached to an aromatic ring is 1. The zero-order valence-corrected chi connectivity index (χ0v) is 8.39. The molecule has 80 valence electrons. The van der Waals surface area contributed by atoms with Crippen LogP contribution in [0.15, 0.2) is 30.6 Å². The van der Waals surface area contributed by atoms with Gasteiger partial charge in [0, 0.05) is 24.6 Å². The number of rotatable bonds is 2. The molecule has 1 heterocycles. The Labute approximate surface area is 91.8 Å². The highest BCUT2D eigenvalue weighted by atomic mass is 19.1. The average Bonchev–Trinajstić information content (AvgIpc) is 2.63. The van der Waals surface area contributed by atoms with Gasteiger partial charge in [-0.2, -0.15) is 5.26 Å². The molecule has 5 heteroatoms. The Balaban J connectivity index is 2.31. The van der Waals surface area contributed by atoms with Crippen molar-refractivity contribution in [3.63, 3.8) is 0 Å². The van der Waals surface area contributed by atoms with Crippen molar-refractivity contribution in [2.24, 2.45) is 0 Å². The Hall–Kier alpha value is -2.35. The van der Waals surface area contributed by atoms with E-state index in [1.165, 1.54) is 18.3 Å². The molecule has 2 rings (SSSR count). The largest absolute Gasteiger partial charge is 0.399 e. The Morgan fingerprint density at radius 2 is 2.25 bits per heavy atom. The van der Waals surface area contributed by atoms with Crippen LogP contribution in [0.5, 0.6) is 0 Å². The van der Waals surface area contributed by atoms with Gasteiger partial charge in [-0.3, -0.25) is 0 Å². The molecule has 1 aromatic heterocycles. The van der Waals surface area contributed by atoms with Crippen LogP contribution in [0, 0.1) is 17.1 Å². The second-order valence-corrected chi connectivity index (χ2v) is 3.38. The predicted octanol–water partition coefficient (Wildman–Crippen LogP) is 1.52. The van der Waals surface area contributed by atoms with Gasteiger partial charge in [-0.15, -0.1) is 0 Å². The van der Waals surface area contributed by atoms with Crippen LogP contribution in [-0.4, -0.2) is 9.55 Å². The molecule has 2 N–H and O–H groups in total. The lowest BCUT2D eigenvalue weighted by Gasteiger charge is -2.05. The van der Waals surface area contributed by atoms with Crippen molar-refractivity contribution in [3.8, 4) is 6.07 Å². The summed E-state index contributed by atoms with van der Waals surface area (Å²) in [5.74, 6) is -0.0866. The van der Waals surface area contributed by atoms with Crippen molar-refractivity contribution in [1.82, 2.24) is 9.55 Å². The number of benzene rings is 1. The van der Waals surface area contributed by atoms with Crippen LogP contribution < -0.4 is 5.73 Å². The first-order valence-corrected chi connectivity index (χ1v) is 4.65. The van der Waals surface area contributed by atoms with Gasteiger partial charge in [-0.1, -0.05) is 0 Å². The number of nitriles is 1. The SMILES string of the molecule is N#Cc1nccn1Cc1cc(N)cc(F)c1. The van der Waals surface area contributed by atoms with Crippen LogP contribution in [-0.2, 0) is 6.54 Å². The maximum Gasteiger partial charge on any atom is 0.213 e. The number of hydrogen-bond donors (Lipinski definition) is 1. The lowest BCUT2D eigenvalue weighted by molar-refractivity contribution is 0.624. The summed E-state index contributed by atoms with van der Waals surface area (Å²) < 4.78 is 14.7. The molecule has 0 fully saturated rings. The molecule has 0 amide bonds. The van der Waals surface area contributed by atoms with Crippen LogP contribution in [0.3, 0.4) is 0 Å². The van der Waals surface area contributed by atoms with Crippen molar-refractivity contribution in [3.05, 3.63) is 47.8 Å². The average molecular weight is 216 g/mol. The van der Waals surface area contributed by atoms with E-state index >= 15 is 0 Å². The Morgan fingerprint density at radius 3 is 2.94 bits per heavy atom. The summed E-state index contributed by atoms with van der Waals surface area (Å²) in [6.07, 6.45) is 3.20. The van der Waals surface area contributed by atoms with Gasteiger partial charge in [-0.05, 0) is 23.8 Å². The minimum atomic E-state index is -0.381. The third-order valence-electron chi connectivity index (χ3n) is 2.15. The fourth-order valence-corrected chi connectivity index (χ4v) is 1.51. The van der Waals surface area contributed by atoms with Crippen LogP contribution in [0.1, 0.15) is 11.4 Å². The molecule has 0 spiro atoms. The molecule has 0 radical (unpaired) electrons. The number of nitrogens with two attached hydrogens (primary N) is 1. The number of nitrogens with zero attached hydrogens (tertiary/aromatic N) is 3. The highest BCUT2D eigenvalue weighted by Crippen LogP contribution is 2.12. The summed E-state index contributed by atoms with van der Waals surface area (Å²) >= 11 is 0. The first-order chi connectivity index (χ1) is 7.69. The summed E-state index contributed by atoms with van der Waals surface area (Å²) in [4.78, 5) is 3.85. The van der Waals surface area contributed by atoms with E-state index in [-0.39, 0.29) is 5.82 Å². The van der Waals surface area contributed by atoms with Crippen LogP contribution in [0.2, 0.25) is 0 Å². The lowest BCUT2D eigenvalue weighted by atomic mass is 10.2. The minimum absolute atomic E-state index is 0.294. The molecule has 0 aliphatic carbocycles. The molecule has 1 aromatic carbocycles. The number of hydrogen-bond acceptors (Lipinski definition) is 3. The molecule has 0 unspecified atom stereocenters. The van der Waals surface area contributed by atoms with Crippen molar-refractivity contribution in [1.29, 1.82) is 5.26 Å². The maximum absolute atomic E-state index is 13.1. The molecule has 0 aliphatic rings. The smallest absolute Gasteiger partial charge is 0.213 e. The summed E-state index contributed by atoms with van der Waals surface area (Å²) in [5, 5.41) is 8.76. The van der Waals surface area contributed by atoms with Gasteiger partial charge in [-0.25, -0.2) is 9.37 Å². The fraction of sp³-hybridized carbons (Fsp3) is 0.0909. The zero-order chi connectivity index (χ0) is 11.5. The molecule has 0 aliphatic heterocycles. The van der Waals surface area contributed by atoms with Gasteiger partial charge in [0.15, 0.2) is 0 Å². The highest BCUT2D eigenvalue weighted by molar-refractivity contribution is 5.41. The summed E-state index contributed by atoms with van der Waals surface area (Å²) in [5.41, 5.74) is 6.60. The van der Waals surface area contributed by atoms with Crippen LogP contribution in [0.25, 0.3) is 0 Å². The van der Waals surface area contributed by atoms with E-state index in [9.17, 15) is 4.39 Å². The van der Waals surface area contributed by atoms with Gasteiger partial charge < -0.3 is 10.3 Å². The summed E-state index contributed by atoms with van der Waals surface area (Å²) in [7, 11) is 0. The first-order valence-electron chi connectivity index (χ1n) is 4.65. The zero-order valence-electron chi connectivity index (χ0n) is 8.39. The monoisotopic (exact) mass is 216 g/mol. The Kier molecular flexibility index (Phi) is 2.56. The second kappa shape index (κ2) is 4.03. The minimum Gasteiger partial charge on any atom is -0.399 e. The number of anilines is 1. The van der Waals surface area contributed by atoms with E-state index in [0.29, 0.717) is 23.6 Å². The molecule has 4 nitrogen and oxygen atoms in total. The van der Waals surface area contributed by atoms with E-state index < -0.39 is 0 Å². The summed E-state index contributed by atoms with van der Waals surface area (Å²) in [6, 6.07) is 6.26. The maximum atomic E-state index is 13.1. The van der Waals surface area contributed by atoms with Gasteiger partial charge >= 0.3 is 0 Å². The third-order valence-corrected chi connectivity index (χ3v) is 2.15. The predicted molar refractivity (Wildman–Crippen MR) is 56.9 cm³/mol. The Bertz CT molecular complexity index is 533. The van der Waals surface area contributed by atoms with E-state index in [1.54, 1.807) is 16.8 Å². The lowest BCUT2D eigenvalue weighted by Crippen LogP contribution is -2.02. The van der Waals surface area contributed by atoms with E-state index in [1.807, 2.05) is 6.07 Å².